The van der Waals surface area contributed by atoms with Crippen LogP contribution >= 0.6 is 0 Å². The van der Waals surface area contributed by atoms with Crippen LogP contribution in [0.2, 0.25) is 0 Å². The molecular weight excluding hydrogens is 178 g/mol. The van der Waals surface area contributed by atoms with Gasteiger partial charge in [0, 0.05) is 0 Å². The second-order valence-electron chi connectivity index (χ2n) is 5.14. The van der Waals surface area contributed by atoms with Crippen molar-refractivity contribution in [2.45, 2.75) is 45.1 Å². The molecule has 3 aliphatic carbocycles. The van der Waals surface area contributed by atoms with Gasteiger partial charge in [-0.25, -0.2) is 0 Å². The number of hydrogen-bond donors (Lipinski definition) is 1. The van der Waals surface area contributed by atoms with E-state index in [9.17, 15) is 4.79 Å². The molecule has 0 heterocycles. The molecule has 3 aliphatic rings. The van der Waals surface area contributed by atoms with E-state index in [0.29, 0.717) is 5.41 Å². The van der Waals surface area contributed by atoms with Crippen molar-refractivity contribution >= 4 is 5.97 Å². The van der Waals surface area contributed by atoms with Gasteiger partial charge in [-0.05, 0) is 36.5 Å². The minimum atomic E-state index is -0.383. The number of nitrogens with two attached hydrogens (primary N) is 1. The average molecular weight is 197 g/mol. The summed E-state index contributed by atoms with van der Waals surface area (Å²) in [6.45, 7) is 2.22. The molecule has 3 rings (SSSR count). The lowest BCUT2D eigenvalue weighted by molar-refractivity contribution is -0.224. The normalized spacial score (nSPS) is 40.8. The highest BCUT2D eigenvalue weighted by molar-refractivity contribution is 5.77. The zero-order chi connectivity index (χ0) is 10.4. The molecule has 0 spiro atoms. The van der Waals surface area contributed by atoms with Gasteiger partial charge in [-0.15, -0.1) is 0 Å². The Morgan fingerprint density at radius 1 is 1.50 bits per heavy atom. The summed E-state index contributed by atoms with van der Waals surface area (Å²) in [5, 5.41) is 0. The molecule has 2 N–H and O–H groups in total. The van der Waals surface area contributed by atoms with Crippen LogP contribution in [0.3, 0.4) is 0 Å². The topological polar surface area (TPSA) is 52.3 Å². The third-order valence-corrected chi connectivity index (χ3v) is 4.08. The van der Waals surface area contributed by atoms with E-state index in [1.165, 1.54) is 20.0 Å². The smallest absolute Gasteiger partial charge is 0.323 e. The zero-order valence-corrected chi connectivity index (χ0v) is 9.01. The van der Waals surface area contributed by atoms with Crippen molar-refractivity contribution in [3.8, 4) is 0 Å². The quantitative estimate of drug-likeness (QED) is 0.694. The molecule has 3 heteroatoms. The molecule has 2 bridgehead atoms. The monoisotopic (exact) mass is 197 g/mol. The Labute approximate surface area is 85.0 Å². The lowest BCUT2D eigenvalue weighted by atomic mass is 9.32. The number of ether oxygens (including phenoxy) is 1. The molecule has 0 aromatic carbocycles. The van der Waals surface area contributed by atoms with E-state index in [2.05, 4.69) is 11.7 Å². The van der Waals surface area contributed by atoms with E-state index in [-0.39, 0.29) is 17.4 Å². The van der Waals surface area contributed by atoms with Gasteiger partial charge in [0.15, 0.2) is 0 Å². The maximum atomic E-state index is 11.3. The Morgan fingerprint density at radius 3 is 2.50 bits per heavy atom. The van der Waals surface area contributed by atoms with Gasteiger partial charge in [-0.1, -0.05) is 13.3 Å². The van der Waals surface area contributed by atoms with E-state index in [1.807, 2.05) is 0 Å². The Kier molecular flexibility index (Phi) is 2.11. The predicted octanol–water partition coefficient (Wildman–Crippen LogP) is 1.46. The van der Waals surface area contributed by atoms with Gasteiger partial charge in [0.2, 0.25) is 0 Å². The van der Waals surface area contributed by atoms with Crippen molar-refractivity contribution in [2.24, 2.45) is 16.6 Å². The Balaban J connectivity index is 1.90. The molecule has 3 nitrogen and oxygen atoms in total. The first-order chi connectivity index (χ1) is 6.57. The summed E-state index contributed by atoms with van der Waals surface area (Å²) in [5.74, 6) is -0.241. The molecule has 14 heavy (non-hydrogen) atoms. The first-order valence-corrected chi connectivity index (χ1v) is 5.41. The summed E-state index contributed by atoms with van der Waals surface area (Å²) in [7, 11) is 1.41. The fraction of sp³-hybridized carbons (Fsp3) is 0.909. The van der Waals surface area contributed by atoms with Gasteiger partial charge in [0.25, 0.3) is 0 Å². The Hall–Kier alpha value is -0.570. The van der Waals surface area contributed by atoms with Gasteiger partial charge < -0.3 is 10.5 Å². The van der Waals surface area contributed by atoms with Crippen LogP contribution in [0.5, 0.6) is 0 Å². The summed E-state index contributed by atoms with van der Waals surface area (Å²) in [6, 6.07) is -0.383. The van der Waals surface area contributed by atoms with Gasteiger partial charge >= 0.3 is 5.97 Å². The fourth-order valence-corrected chi connectivity index (χ4v) is 3.59. The molecule has 1 unspecified atom stereocenters. The number of carbonyl (C=O) groups excluding carboxylic acids is 1. The van der Waals surface area contributed by atoms with Gasteiger partial charge in [0.1, 0.15) is 6.04 Å². The van der Waals surface area contributed by atoms with Crippen LogP contribution in [0.15, 0.2) is 0 Å². The van der Waals surface area contributed by atoms with E-state index in [1.54, 1.807) is 0 Å². The second-order valence-corrected chi connectivity index (χ2v) is 5.14. The zero-order valence-electron chi connectivity index (χ0n) is 9.01. The third kappa shape index (κ3) is 1.11. The molecule has 0 aliphatic heterocycles. The van der Waals surface area contributed by atoms with E-state index in [4.69, 9.17) is 5.73 Å². The van der Waals surface area contributed by atoms with Crippen molar-refractivity contribution in [1.82, 2.24) is 0 Å². The van der Waals surface area contributed by atoms with E-state index < -0.39 is 0 Å². The summed E-state index contributed by atoms with van der Waals surface area (Å²) in [4.78, 5) is 11.3. The molecule has 3 saturated carbocycles. The summed E-state index contributed by atoms with van der Waals surface area (Å²) in [6.07, 6.45) is 5.96. The maximum Gasteiger partial charge on any atom is 0.323 e. The molecule has 3 fully saturated rings. The second kappa shape index (κ2) is 2.96. The van der Waals surface area contributed by atoms with Crippen LogP contribution in [-0.4, -0.2) is 19.1 Å². The highest BCUT2D eigenvalue weighted by Gasteiger charge is 2.70. The highest BCUT2D eigenvalue weighted by Crippen LogP contribution is 2.76. The van der Waals surface area contributed by atoms with Crippen LogP contribution < -0.4 is 5.73 Å². The summed E-state index contributed by atoms with van der Waals surface area (Å²) in [5.41, 5.74) is 6.55. The molecule has 0 saturated heterocycles. The number of esters is 1. The number of rotatable bonds is 4. The molecule has 0 amide bonds. The van der Waals surface area contributed by atoms with Crippen molar-refractivity contribution in [3.63, 3.8) is 0 Å². The lowest BCUT2D eigenvalue weighted by Gasteiger charge is -2.72. The lowest BCUT2D eigenvalue weighted by Crippen LogP contribution is -2.70. The van der Waals surface area contributed by atoms with E-state index in [0.717, 1.165) is 19.3 Å². The molecule has 0 aromatic rings. The van der Waals surface area contributed by atoms with Crippen LogP contribution in [0.4, 0.5) is 0 Å². The molecule has 0 radical (unpaired) electrons. The maximum absolute atomic E-state index is 11.3. The Morgan fingerprint density at radius 2 is 2.07 bits per heavy atom. The van der Waals surface area contributed by atoms with E-state index >= 15 is 0 Å². The molecular formula is C11H19NO2. The largest absolute Gasteiger partial charge is 0.468 e. The minimum absolute atomic E-state index is 0.113. The molecule has 80 valence electrons. The van der Waals surface area contributed by atoms with Crippen molar-refractivity contribution in [3.05, 3.63) is 0 Å². The van der Waals surface area contributed by atoms with Gasteiger partial charge in [-0.3, -0.25) is 4.79 Å². The number of methoxy groups -OCH3 is 1. The Bertz CT molecular complexity index is 242. The molecule has 1 atom stereocenters. The first-order valence-electron chi connectivity index (χ1n) is 5.41. The highest BCUT2D eigenvalue weighted by atomic mass is 16.5. The minimum Gasteiger partial charge on any atom is -0.468 e. The summed E-state index contributed by atoms with van der Waals surface area (Å²) < 4.78 is 4.69. The van der Waals surface area contributed by atoms with Crippen LogP contribution in [-0.2, 0) is 9.53 Å². The third-order valence-electron chi connectivity index (χ3n) is 4.08. The molecule has 0 aromatic heterocycles. The summed E-state index contributed by atoms with van der Waals surface area (Å²) >= 11 is 0. The standard InChI is InChI=1S/C11H19NO2/c1-3-4-10-5-11(6-10,7-10)8(12)9(13)14-2/h8H,3-7,12H2,1-2H3. The first kappa shape index (κ1) is 9.97. The average Bonchev–Trinajstić information content (AvgIpc) is 2.06. The van der Waals surface area contributed by atoms with Crippen molar-refractivity contribution in [1.29, 1.82) is 0 Å². The number of carbonyl (C=O) groups is 1. The SMILES string of the molecule is CCCC12CC(C(N)C(=O)OC)(C1)C2. The van der Waals surface area contributed by atoms with Gasteiger partial charge in [-0.2, -0.15) is 0 Å². The fourth-order valence-electron chi connectivity index (χ4n) is 3.59. The predicted molar refractivity (Wildman–Crippen MR) is 53.6 cm³/mol. The van der Waals surface area contributed by atoms with Crippen LogP contribution in [0.25, 0.3) is 0 Å². The van der Waals surface area contributed by atoms with Crippen molar-refractivity contribution < 1.29 is 9.53 Å². The van der Waals surface area contributed by atoms with Crippen LogP contribution in [0, 0.1) is 10.8 Å². The van der Waals surface area contributed by atoms with Crippen molar-refractivity contribution in [2.75, 3.05) is 7.11 Å². The van der Waals surface area contributed by atoms with Crippen LogP contribution in [0.1, 0.15) is 39.0 Å². The van der Waals surface area contributed by atoms with Gasteiger partial charge in [0.05, 0.1) is 7.11 Å². The number of hydrogen-bond acceptors (Lipinski definition) is 3.